The van der Waals surface area contributed by atoms with Crippen LogP contribution in [-0.2, 0) is 0 Å². The Labute approximate surface area is 164 Å². The highest BCUT2D eigenvalue weighted by molar-refractivity contribution is 5.77. The topological polar surface area (TPSA) is 57.0 Å². The summed E-state index contributed by atoms with van der Waals surface area (Å²) in [7, 11) is 5.39. The standard InChI is InChI=1S/C22H24N2O4/c1-24-13-12-19(14-24)27-22-23-20(15-4-8-17(25-2)9-5-15)21(28-22)16-6-10-18(26-3)11-7-16/h4-11,19H,12-14H2,1-3H3. The second-order valence-electron chi connectivity index (χ2n) is 6.91. The fourth-order valence-electron chi connectivity index (χ4n) is 3.37. The SMILES string of the molecule is COc1ccc(-c2nc(OC3CCN(C)C3)oc2-c2ccc(OC)cc2)cc1. The van der Waals surface area contributed by atoms with E-state index in [9.17, 15) is 0 Å². The molecule has 2 aromatic carbocycles. The minimum Gasteiger partial charge on any atom is -0.497 e. The molecule has 4 rings (SSSR count). The number of benzene rings is 2. The van der Waals surface area contributed by atoms with E-state index in [2.05, 4.69) is 16.9 Å². The molecule has 0 saturated carbocycles. The van der Waals surface area contributed by atoms with Crippen LogP contribution in [0.4, 0.5) is 0 Å². The number of rotatable bonds is 6. The van der Waals surface area contributed by atoms with Crippen molar-refractivity contribution >= 4 is 0 Å². The number of likely N-dealkylation sites (N-methyl/N-ethyl adjacent to an activating group) is 1. The van der Waals surface area contributed by atoms with Crippen LogP contribution >= 0.6 is 0 Å². The Kier molecular flexibility index (Phi) is 5.21. The number of aromatic nitrogens is 1. The Morgan fingerprint density at radius 3 is 2.07 bits per heavy atom. The van der Waals surface area contributed by atoms with Crippen molar-refractivity contribution in [3.63, 3.8) is 0 Å². The van der Waals surface area contributed by atoms with Crippen LogP contribution in [0.2, 0.25) is 0 Å². The first-order valence-corrected chi connectivity index (χ1v) is 9.31. The molecule has 6 heteroatoms. The average molecular weight is 380 g/mol. The van der Waals surface area contributed by atoms with E-state index in [1.807, 2.05) is 48.5 Å². The zero-order valence-electron chi connectivity index (χ0n) is 16.3. The summed E-state index contributed by atoms with van der Waals surface area (Å²) >= 11 is 0. The van der Waals surface area contributed by atoms with E-state index in [0.29, 0.717) is 11.8 Å². The normalized spacial score (nSPS) is 16.9. The minimum absolute atomic E-state index is 0.0936. The van der Waals surface area contributed by atoms with Gasteiger partial charge in [-0.1, -0.05) is 0 Å². The van der Waals surface area contributed by atoms with Crippen LogP contribution in [0.5, 0.6) is 17.6 Å². The summed E-state index contributed by atoms with van der Waals surface area (Å²) < 4.78 is 22.6. The molecule has 6 nitrogen and oxygen atoms in total. The van der Waals surface area contributed by atoms with E-state index < -0.39 is 0 Å². The molecule has 0 spiro atoms. The van der Waals surface area contributed by atoms with Gasteiger partial charge in [0.05, 0.1) is 14.2 Å². The van der Waals surface area contributed by atoms with Gasteiger partial charge in [-0.25, -0.2) is 0 Å². The summed E-state index contributed by atoms with van der Waals surface area (Å²) in [5.41, 5.74) is 2.60. The highest BCUT2D eigenvalue weighted by Gasteiger charge is 2.25. The molecule has 0 bridgehead atoms. The van der Waals surface area contributed by atoms with Crippen molar-refractivity contribution in [1.82, 2.24) is 9.88 Å². The summed E-state index contributed by atoms with van der Waals surface area (Å²) in [5.74, 6) is 2.26. The van der Waals surface area contributed by atoms with E-state index in [1.165, 1.54) is 0 Å². The number of hydrogen-bond acceptors (Lipinski definition) is 6. The van der Waals surface area contributed by atoms with Crippen LogP contribution < -0.4 is 14.2 Å². The molecule has 1 fully saturated rings. The van der Waals surface area contributed by atoms with Crippen LogP contribution in [0.15, 0.2) is 52.9 Å². The van der Waals surface area contributed by atoms with Crippen molar-refractivity contribution in [2.24, 2.45) is 0 Å². The third kappa shape index (κ3) is 3.82. The maximum Gasteiger partial charge on any atom is 0.395 e. The maximum atomic E-state index is 6.06. The molecule has 1 atom stereocenters. The van der Waals surface area contributed by atoms with E-state index >= 15 is 0 Å². The first-order chi connectivity index (χ1) is 13.7. The number of oxazole rings is 1. The number of hydrogen-bond donors (Lipinski definition) is 0. The number of methoxy groups -OCH3 is 2. The average Bonchev–Trinajstić information content (AvgIpc) is 3.34. The van der Waals surface area contributed by atoms with E-state index in [0.717, 1.165) is 47.8 Å². The molecule has 0 amide bonds. The van der Waals surface area contributed by atoms with Gasteiger partial charge in [-0.2, -0.15) is 4.98 Å². The first-order valence-electron chi connectivity index (χ1n) is 9.31. The summed E-state index contributed by atoms with van der Waals surface area (Å²) in [5, 5.41) is 0. The second kappa shape index (κ2) is 7.94. The van der Waals surface area contributed by atoms with Gasteiger partial charge in [-0.3, -0.25) is 0 Å². The predicted octanol–water partition coefficient (Wildman–Crippen LogP) is 4.11. The van der Waals surface area contributed by atoms with Crippen molar-refractivity contribution in [2.75, 3.05) is 34.4 Å². The van der Waals surface area contributed by atoms with Gasteiger partial charge >= 0.3 is 6.08 Å². The Balaban J connectivity index is 1.70. The molecule has 1 aliphatic heterocycles. The maximum absolute atomic E-state index is 6.06. The molecule has 0 N–H and O–H groups in total. The summed E-state index contributed by atoms with van der Waals surface area (Å²) in [6, 6.07) is 15.5. The fraction of sp³-hybridized carbons (Fsp3) is 0.318. The van der Waals surface area contributed by atoms with E-state index in [4.69, 9.17) is 18.6 Å². The van der Waals surface area contributed by atoms with E-state index in [1.54, 1.807) is 14.2 Å². The molecule has 2 heterocycles. The molecule has 146 valence electrons. The van der Waals surface area contributed by atoms with Gasteiger partial charge in [0.15, 0.2) is 5.76 Å². The Bertz CT molecular complexity index is 854. The lowest BCUT2D eigenvalue weighted by Gasteiger charge is -2.09. The van der Waals surface area contributed by atoms with Gasteiger partial charge in [0.25, 0.3) is 0 Å². The number of nitrogens with zero attached hydrogens (tertiary/aromatic N) is 2. The molecule has 28 heavy (non-hydrogen) atoms. The summed E-state index contributed by atoms with van der Waals surface area (Å²) in [6.45, 7) is 1.89. The predicted molar refractivity (Wildman–Crippen MR) is 107 cm³/mol. The molecule has 1 aliphatic rings. The smallest absolute Gasteiger partial charge is 0.395 e. The van der Waals surface area contributed by atoms with Gasteiger partial charge in [-0.15, -0.1) is 0 Å². The molecule has 1 aromatic heterocycles. The van der Waals surface area contributed by atoms with Gasteiger partial charge in [0.1, 0.15) is 23.3 Å². The number of ether oxygens (including phenoxy) is 3. The third-order valence-corrected chi connectivity index (χ3v) is 4.94. The van der Waals surface area contributed by atoms with Crippen LogP contribution in [-0.4, -0.2) is 50.3 Å². The van der Waals surface area contributed by atoms with Crippen LogP contribution in [0, 0.1) is 0 Å². The van der Waals surface area contributed by atoms with Crippen molar-refractivity contribution in [3.8, 4) is 40.2 Å². The molecular formula is C22H24N2O4. The van der Waals surface area contributed by atoms with Crippen LogP contribution in [0.1, 0.15) is 6.42 Å². The largest absolute Gasteiger partial charge is 0.497 e. The van der Waals surface area contributed by atoms with E-state index in [-0.39, 0.29) is 6.10 Å². The van der Waals surface area contributed by atoms with Crippen LogP contribution in [0.25, 0.3) is 22.6 Å². The summed E-state index contributed by atoms with van der Waals surface area (Å²) in [4.78, 5) is 6.90. The van der Waals surface area contributed by atoms with Gasteiger partial charge in [0, 0.05) is 24.2 Å². The van der Waals surface area contributed by atoms with Crippen molar-refractivity contribution in [1.29, 1.82) is 0 Å². The fourth-order valence-corrected chi connectivity index (χ4v) is 3.37. The molecule has 3 aromatic rings. The quantitative estimate of drug-likeness (QED) is 0.641. The minimum atomic E-state index is 0.0936. The Hall–Kier alpha value is -2.99. The first kappa shape index (κ1) is 18.4. The lowest BCUT2D eigenvalue weighted by molar-refractivity contribution is 0.154. The van der Waals surface area contributed by atoms with Gasteiger partial charge < -0.3 is 23.5 Å². The Morgan fingerprint density at radius 2 is 1.54 bits per heavy atom. The highest BCUT2D eigenvalue weighted by atomic mass is 16.6. The lowest BCUT2D eigenvalue weighted by Crippen LogP contribution is -2.21. The van der Waals surface area contributed by atoms with Gasteiger partial charge in [-0.05, 0) is 62.0 Å². The van der Waals surface area contributed by atoms with Crippen molar-refractivity contribution in [3.05, 3.63) is 48.5 Å². The number of likely N-dealkylation sites (tertiary alicyclic amines) is 1. The zero-order valence-corrected chi connectivity index (χ0v) is 16.3. The van der Waals surface area contributed by atoms with Crippen molar-refractivity contribution < 1.29 is 18.6 Å². The lowest BCUT2D eigenvalue weighted by atomic mass is 10.1. The van der Waals surface area contributed by atoms with Crippen LogP contribution in [0.3, 0.4) is 0 Å². The summed E-state index contributed by atoms with van der Waals surface area (Å²) in [6.07, 6.45) is 1.36. The third-order valence-electron chi connectivity index (χ3n) is 4.94. The molecule has 1 unspecified atom stereocenters. The monoisotopic (exact) mass is 380 g/mol. The Morgan fingerprint density at radius 1 is 0.929 bits per heavy atom. The molecular weight excluding hydrogens is 356 g/mol. The molecule has 0 radical (unpaired) electrons. The zero-order chi connectivity index (χ0) is 19.5. The molecule has 0 aliphatic carbocycles. The second-order valence-corrected chi connectivity index (χ2v) is 6.91. The molecule has 1 saturated heterocycles. The highest BCUT2D eigenvalue weighted by Crippen LogP contribution is 2.37. The van der Waals surface area contributed by atoms with Crippen molar-refractivity contribution in [2.45, 2.75) is 12.5 Å². The van der Waals surface area contributed by atoms with Gasteiger partial charge in [0.2, 0.25) is 0 Å².